The number of hydrogen-bond acceptors (Lipinski definition) is 4. The molecular weight excluding hydrogens is 446 g/mol. The highest BCUT2D eigenvalue weighted by molar-refractivity contribution is 8.00. The summed E-state index contributed by atoms with van der Waals surface area (Å²) in [6.07, 6.45) is 0. The van der Waals surface area contributed by atoms with Gasteiger partial charge in [-0.25, -0.2) is 0 Å². The summed E-state index contributed by atoms with van der Waals surface area (Å²) >= 11 is 1.30. The van der Waals surface area contributed by atoms with Gasteiger partial charge in [0, 0.05) is 34.9 Å². The lowest BCUT2D eigenvalue weighted by atomic mass is 10.1. The SMILES string of the molecule is CCN(CC)C(=O)c1cccc(NC(=O)c2ccccc2SCC(=O)Nc2ccc(C)cc2)c1. The number of nitrogens with one attached hydrogen (secondary N) is 2. The Morgan fingerprint density at radius 1 is 0.824 bits per heavy atom. The third-order valence-corrected chi connectivity index (χ3v) is 6.32. The molecule has 0 spiro atoms. The smallest absolute Gasteiger partial charge is 0.256 e. The molecule has 0 bridgehead atoms. The van der Waals surface area contributed by atoms with Gasteiger partial charge in [0.2, 0.25) is 5.91 Å². The zero-order valence-corrected chi connectivity index (χ0v) is 20.4. The molecular formula is C27H29N3O3S. The topological polar surface area (TPSA) is 78.5 Å². The van der Waals surface area contributed by atoms with Crippen molar-refractivity contribution in [1.29, 1.82) is 0 Å². The normalized spacial score (nSPS) is 10.4. The molecule has 0 fully saturated rings. The van der Waals surface area contributed by atoms with E-state index < -0.39 is 0 Å². The van der Waals surface area contributed by atoms with Crippen molar-refractivity contribution in [2.45, 2.75) is 25.7 Å². The van der Waals surface area contributed by atoms with Crippen molar-refractivity contribution in [2.24, 2.45) is 0 Å². The van der Waals surface area contributed by atoms with Gasteiger partial charge < -0.3 is 15.5 Å². The van der Waals surface area contributed by atoms with Crippen LogP contribution < -0.4 is 10.6 Å². The number of benzene rings is 3. The molecule has 3 rings (SSSR count). The zero-order valence-electron chi connectivity index (χ0n) is 19.6. The molecule has 0 aromatic heterocycles. The van der Waals surface area contributed by atoms with Crippen molar-refractivity contribution in [2.75, 3.05) is 29.5 Å². The number of aryl methyl sites for hydroxylation is 1. The molecule has 0 unspecified atom stereocenters. The standard InChI is InChI=1S/C27H29N3O3S/c1-4-30(5-2)27(33)20-9-8-10-22(17-20)29-26(32)23-11-6-7-12-24(23)34-18-25(31)28-21-15-13-19(3)14-16-21/h6-17H,4-5,18H2,1-3H3,(H,28,31)(H,29,32). The molecule has 7 heteroatoms. The highest BCUT2D eigenvalue weighted by Crippen LogP contribution is 2.24. The van der Waals surface area contributed by atoms with Crippen molar-refractivity contribution < 1.29 is 14.4 Å². The predicted molar refractivity (Wildman–Crippen MR) is 139 cm³/mol. The fraction of sp³-hybridized carbons (Fsp3) is 0.222. The Morgan fingerprint density at radius 3 is 2.24 bits per heavy atom. The molecule has 2 N–H and O–H groups in total. The number of carbonyl (C=O) groups is 3. The molecule has 6 nitrogen and oxygen atoms in total. The molecule has 0 saturated heterocycles. The van der Waals surface area contributed by atoms with E-state index in [2.05, 4.69) is 10.6 Å². The lowest BCUT2D eigenvalue weighted by molar-refractivity contribution is -0.113. The van der Waals surface area contributed by atoms with Gasteiger partial charge in [0.25, 0.3) is 11.8 Å². The summed E-state index contributed by atoms with van der Waals surface area (Å²) < 4.78 is 0. The van der Waals surface area contributed by atoms with E-state index >= 15 is 0 Å². The Bertz CT molecular complexity index is 1160. The van der Waals surface area contributed by atoms with E-state index in [1.54, 1.807) is 41.3 Å². The third kappa shape index (κ3) is 6.71. The van der Waals surface area contributed by atoms with E-state index in [1.807, 2.05) is 57.2 Å². The van der Waals surface area contributed by atoms with Crippen LogP contribution in [-0.2, 0) is 4.79 Å². The van der Waals surface area contributed by atoms with Gasteiger partial charge in [0.15, 0.2) is 0 Å². The minimum atomic E-state index is -0.297. The Balaban J connectivity index is 1.66. The van der Waals surface area contributed by atoms with E-state index in [1.165, 1.54) is 11.8 Å². The molecule has 0 atom stereocenters. The van der Waals surface area contributed by atoms with Gasteiger partial charge in [-0.05, 0) is 63.2 Å². The van der Waals surface area contributed by atoms with Crippen LogP contribution in [0.4, 0.5) is 11.4 Å². The molecule has 0 aliphatic rings. The van der Waals surface area contributed by atoms with Crippen molar-refractivity contribution >= 4 is 40.9 Å². The van der Waals surface area contributed by atoms with E-state index in [0.717, 1.165) is 11.3 Å². The van der Waals surface area contributed by atoms with Crippen molar-refractivity contribution in [3.05, 3.63) is 89.5 Å². The highest BCUT2D eigenvalue weighted by atomic mass is 32.2. The second-order valence-electron chi connectivity index (χ2n) is 7.71. The first-order valence-corrected chi connectivity index (χ1v) is 12.2. The Kier molecular flexibility index (Phi) is 8.87. The molecule has 34 heavy (non-hydrogen) atoms. The molecule has 0 heterocycles. The van der Waals surface area contributed by atoms with Gasteiger partial charge in [-0.3, -0.25) is 14.4 Å². The fourth-order valence-corrected chi connectivity index (χ4v) is 4.23. The predicted octanol–water partition coefficient (Wildman–Crippen LogP) is 5.46. The Hall–Kier alpha value is -3.58. The summed E-state index contributed by atoms with van der Waals surface area (Å²) in [6, 6.07) is 21.7. The quantitative estimate of drug-likeness (QED) is 0.403. The highest BCUT2D eigenvalue weighted by Gasteiger charge is 2.16. The second-order valence-corrected chi connectivity index (χ2v) is 8.73. The minimum absolute atomic E-state index is 0.0726. The first-order chi connectivity index (χ1) is 16.4. The van der Waals surface area contributed by atoms with Crippen LogP contribution in [0.2, 0.25) is 0 Å². The van der Waals surface area contributed by atoms with Crippen LogP contribution in [0, 0.1) is 6.92 Å². The van der Waals surface area contributed by atoms with Crippen molar-refractivity contribution in [3.63, 3.8) is 0 Å². The van der Waals surface area contributed by atoms with Gasteiger partial charge in [-0.2, -0.15) is 0 Å². The van der Waals surface area contributed by atoms with Crippen LogP contribution in [-0.4, -0.2) is 41.5 Å². The van der Waals surface area contributed by atoms with Gasteiger partial charge in [-0.1, -0.05) is 35.9 Å². The molecule has 3 amide bonds. The Labute approximate surface area is 204 Å². The molecule has 0 radical (unpaired) electrons. The lowest BCUT2D eigenvalue weighted by Gasteiger charge is -2.19. The third-order valence-electron chi connectivity index (χ3n) is 5.24. The number of rotatable bonds is 9. The van der Waals surface area contributed by atoms with E-state index in [4.69, 9.17) is 0 Å². The maximum atomic E-state index is 13.0. The first-order valence-electron chi connectivity index (χ1n) is 11.2. The van der Waals surface area contributed by atoms with Gasteiger partial charge >= 0.3 is 0 Å². The van der Waals surface area contributed by atoms with Crippen molar-refractivity contribution in [3.8, 4) is 0 Å². The maximum Gasteiger partial charge on any atom is 0.256 e. The maximum absolute atomic E-state index is 13.0. The average Bonchev–Trinajstić information content (AvgIpc) is 2.85. The van der Waals surface area contributed by atoms with E-state index in [9.17, 15) is 14.4 Å². The average molecular weight is 476 g/mol. The van der Waals surface area contributed by atoms with Crippen LogP contribution in [0.3, 0.4) is 0 Å². The van der Waals surface area contributed by atoms with Crippen LogP contribution in [0.1, 0.15) is 40.1 Å². The summed E-state index contributed by atoms with van der Waals surface area (Å²) in [5.74, 6) is -0.343. The molecule has 0 saturated carbocycles. The molecule has 176 valence electrons. The van der Waals surface area contributed by atoms with Crippen LogP contribution >= 0.6 is 11.8 Å². The minimum Gasteiger partial charge on any atom is -0.339 e. The first kappa shape index (κ1) is 25.1. The van der Waals surface area contributed by atoms with Gasteiger partial charge in [0.05, 0.1) is 11.3 Å². The van der Waals surface area contributed by atoms with Crippen molar-refractivity contribution in [1.82, 2.24) is 4.90 Å². The summed E-state index contributed by atoms with van der Waals surface area (Å²) in [7, 11) is 0. The van der Waals surface area contributed by atoms with Crippen LogP contribution in [0.25, 0.3) is 0 Å². The van der Waals surface area contributed by atoms with Gasteiger partial charge in [0.1, 0.15) is 0 Å². The molecule has 0 aliphatic carbocycles. The number of carbonyl (C=O) groups excluding carboxylic acids is 3. The van der Waals surface area contributed by atoms with E-state index in [-0.39, 0.29) is 23.5 Å². The number of anilines is 2. The summed E-state index contributed by atoms with van der Waals surface area (Å²) in [5.41, 5.74) is 3.39. The monoisotopic (exact) mass is 475 g/mol. The van der Waals surface area contributed by atoms with Crippen LogP contribution in [0.15, 0.2) is 77.7 Å². The molecule has 3 aromatic carbocycles. The fourth-order valence-electron chi connectivity index (χ4n) is 3.38. The van der Waals surface area contributed by atoms with Gasteiger partial charge in [-0.15, -0.1) is 11.8 Å². The largest absolute Gasteiger partial charge is 0.339 e. The molecule has 0 aliphatic heterocycles. The summed E-state index contributed by atoms with van der Waals surface area (Å²) in [4.78, 5) is 40.5. The van der Waals surface area contributed by atoms with E-state index in [0.29, 0.717) is 34.8 Å². The number of hydrogen-bond donors (Lipinski definition) is 2. The molecule has 3 aromatic rings. The number of thioether (sulfide) groups is 1. The lowest BCUT2D eigenvalue weighted by Crippen LogP contribution is -2.30. The van der Waals surface area contributed by atoms with Crippen LogP contribution in [0.5, 0.6) is 0 Å². The number of nitrogens with zero attached hydrogens (tertiary/aromatic N) is 1. The summed E-state index contributed by atoms with van der Waals surface area (Å²) in [6.45, 7) is 7.09. The summed E-state index contributed by atoms with van der Waals surface area (Å²) in [5, 5.41) is 5.75. The number of amides is 3. The second kappa shape index (κ2) is 12.0. The zero-order chi connectivity index (χ0) is 24.5. The Morgan fingerprint density at radius 2 is 1.53 bits per heavy atom.